The Morgan fingerprint density at radius 3 is 2.95 bits per heavy atom. The van der Waals surface area contributed by atoms with Gasteiger partial charge >= 0.3 is 6.09 Å². The lowest BCUT2D eigenvalue weighted by molar-refractivity contribution is 0.152. The number of hydrogen-bond donors (Lipinski definition) is 1. The van der Waals surface area contributed by atoms with Crippen LogP contribution in [0.5, 0.6) is 5.75 Å². The smallest absolute Gasteiger partial charge is 0.410 e. The lowest BCUT2D eigenvalue weighted by atomic mass is 9.85. The third kappa shape index (κ3) is 2.13. The Balaban J connectivity index is 1.89. The number of cyclic esters (lactones) is 1. The lowest BCUT2D eigenvalue weighted by Gasteiger charge is -2.33. The van der Waals surface area contributed by atoms with E-state index in [1.807, 2.05) is 0 Å². The Morgan fingerprint density at radius 1 is 1.37 bits per heavy atom. The van der Waals surface area contributed by atoms with Crippen molar-refractivity contribution in [3.8, 4) is 5.75 Å². The minimum atomic E-state index is -0.245. The van der Waals surface area contributed by atoms with Gasteiger partial charge in [-0.05, 0) is 30.9 Å². The largest absolute Gasteiger partial charge is 0.508 e. The van der Waals surface area contributed by atoms with Gasteiger partial charge in [-0.3, -0.25) is 0 Å². The molecular weight excluding hydrogens is 289 g/mol. The first-order valence-corrected chi connectivity index (χ1v) is 6.93. The van der Waals surface area contributed by atoms with E-state index in [-0.39, 0.29) is 23.8 Å². The summed E-state index contributed by atoms with van der Waals surface area (Å²) in [6.45, 7) is 1.03. The standard InChI is InChI=1S/C13H13Cl2NO3/c14-9-1-2-10(17)11(12(9)15)7-3-4-16-8(5-7)6-19-13(16)18/h1-2,7-8,17H,3-6H2/t7-,8+/m1/s1. The number of benzene rings is 1. The highest BCUT2D eigenvalue weighted by Gasteiger charge is 2.39. The van der Waals surface area contributed by atoms with E-state index >= 15 is 0 Å². The van der Waals surface area contributed by atoms with E-state index in [2.05, 4.69) is 0 Å². The molecule has 1 aromatic carbocycles. The van der Waals surface area contributed by atoms with Gasteiger partial charge in [0.15, 0.2) is 0 Å². The van der Waals surface area contributed by atoms with E-state index in [9.17, 15) is 9.90 Å². The number of piperidine rings is 1. The maximum absolute atomic E-state index is 11.4. The highest BCUT2D eigenvalue weighted by molar-refractivity contribution is 6.42. The molecule has 0 aromatic heterocycles. The van der Waals surface area contributed by atoms with E-state index in [0.29, 0.717) is 28.8 Å². The molecule has 2 heterocycles. The molecule has 6 heteroatoms. The molecule has 3 rings (SSSR count). The Morgan fingerprint density at radius 2 is 2.16 bits per heavy atom. The third-order valence-electron chi connectivity index (χ3n) is 3.87. The van der Waals surface area contributed by atoms with Crippen molar-refractivity contribution in [1.82, 2.24) is 4.90 Å². The molecule has 1 amide bonds. The number of halogens is 2. The van der Waals surface area contributed by atoms with E-state index in [1.54, 1.807) is 17.0 Å². The van der Waals surface area contributed by atoms with Crippen LogP contribution in [0.15, 0.2) is 12.1 Å². The molecule has 0 spiro atoms. The number of nitrogens with zero attached hydrogens (tertiary/aromatic N) is 1. The number of phenolic OH excluding ortho intramolecular Hbond substituents is 1. The second kappa shape index (κ2) is 4.76. The van der Waals surface area contributed by atoms with Gasteiger partial charge in [-0.15, -0.1) is 0 Å². The summed E-state index contributed by atoms with van der Waals surface area (Å²) in [5.41, 5.74) is 0.688. The fourth-order valence-electron chi connectivity index (χ4n) is 2.91. The van der Waals surface area contributed by atoms with Crippen LogP contribution >= 0.6 is 23.2 Å². The highest BCUT2D eigenvalue weighted by atomic mass is 35.5. The van der Waals surface area contributed by atoms with Gasteiger partial charge in [0.05, 0.1) is 16.1 Å². The number of amides is 1. The van der Waals surface area contributed by atoms with Crippen LogP contribution in [0.2, 0.25) is 10.0 Å². The molecule has 19 heavy (non-hydrogen) atoms. The van der Waals surface area contributed by atoms with Gasteiger partial charge < -0.3 is 14.7 Å². The molecule has 2 aliphatic rings. The second-order valence-electron chi connectivity index (χ2n) is 4.94. The summed E-state index contributed by atoms with van der Waals surface area (Å²) >= 11 is 12.2. The maximum atomic E-state index is 11.4. The monoisotopic (exact) mass is 301 g/mol. The topological polar surface area (TPSA) is 49.8 Å². The number of aromatic hydroxyl groups is 1. The summed E-state index contributed by atoms with van der Waals surface area (Å²) in [5, 5.41) is 10.9. The van der Waals surface area contributed by atoms with Gasteiger partial charge in [0, 0.05) is 12.1 Å². The summed E-state index contributed by atoms with van der Waals surface area (Å²) in [6.07, 6.45) is 1.24. The number of rotatable bonds is 1. The third-order valence-corrected chi connectivity index (χ3v) is 4.69. The molecule has 0 aliphatic carbocycles. The van der Waals surface area contributed by atoms with Crippen molar-refractivity contribution >= 4 is 29.3 Å². The van der Waals surface area contributed by atoms with Crippen molar-refractivity contribution in [2.24, 2.45) is 0 Å². The fraction of sp³-hybridized carbons (Fsp3) is 0.462. The van der Waals surface area contributed by atoms with Gasteiger partial charge in [-0.25, -0.2) is 4.79 Å². The average Bonchev–Trinajstić information content (AvgIpc) is 2.76. The van der Waals surface area contributed by atoms with Gasteiger partial charge in [-0.1, -0.05) is 23.2 Å². The van der Waals surface area contributed by atoms with Crippen LogP contribution in [0, 0.1) is 0 Å². The molecule has 1 N–H and O–H groups in total. The molecule has 1 aromatic rings. The highest BCUT2D eigenvalue weighted by Crippen LogP contribution is 2.43. The lowest BCUT2D eigenvalue weighted by Crippen LogP contribution is -2.40. The van der Waals surface area contributed by atoms with Gasteiger partial charge in [-0.2, -0.15) is 0 Å². The van der Waals surface area contributed by atoms with E-state index in [0.717, 1.165) is 12.8 Å². The zero-order valence-electron chi connectivity index (χ0n) is 10.1. The number of hydrogen-bond acceptors (Lipinski definition) is 3. The Hall–Kier alpha value is -1.13. The quantitative estimate of drug-likeness (QED) is 0.865. The van der Waals surface area contributed by atoms with E-state index in [1.165, 1.54) is 0 Å². The molecule has 2 atom stereocenters. The van der Waals surface area contributed by atoms with Crippen molar-refractivity contribution < 1.29 is 14.6 Å². The summed E-state index contributed by atoms with van der Waals surface area (Å²) in [4.78, 5) is 13.2. The Bertz CT molecular complexity index is 535. The predicted molar refractivity (Wildman–Crippen MR) is 71.9 cm³/mol. The first-order valence-electron chi connectivity index (χ1n) is 6.18. The first-order chi connectivity index (χ1) is 9.08. The predicted octanol–water partition coefficient (Wildman–Crippen LogP) is 3.40. The van der Waals surface area contributed by atoms with Crippen LogP contribution in [0.1, 0.15) is 24.3 Å². The molecule has 2 fully saturated rings. The maximum Gasteiger partial charge on any atom is 0.410 e. The first kappa shape index (κ1) is 12.9. The van der Waals surface area contributed by atoms with Crippen molar-refractivity contribution in [2.45, 2.75) is 24.8 Å². The van der Waals surface area contributed by atoms with Crippen LogP contribution < -0.4 is 0 Å². The minimum Gasteiger partial charge on any atom is -0.508 e. The number of ether oxygens (including phenoxy) is 1. The molecule has 102 valence electrons. The molecule has 0 bridgehead atoms. The van der Waals surface area contributed by atoms with Crippen molar-refractivity contribution in [1.29, 1.82) is 0 Å². The molecule has 0 unspecified atom stereocenters. The number of carbonyl (C=O) groups excluding carboxylic acids is 1. The molecule has 2 saturated heterocycles. The van der Waals surface area contributed by atoms with Gasteiger partial charge in [0.2, 0.25) is 0 Å². The summed E-state index contributed by atoms with van der Waals surface area (Å²) in [7, 11) is 0. The number of phenols is 1. The van der Waals surface area contributed by atoms with Crippen LogP contribution in [-0.2, 0) is 4.74 Å². The Kier molecular flexibility index (Phi) is 3.23. The van der Waals surface area contributed by atoms with E-state index in [4.69, 9.17) is 27.9 Å². The SMILES string of the molecule is O=C1OC[C@@H]2C[C@H](c3c(O)ccc(Cl)c3Cl)CCN12. The van der Waals surface area contributed by atoms with Gasteiger partial charge in [0.25, 0.3) is 0 Å². The Labute approximate surface area is 120 Å². The van der Waals surface area contributed by atoms with Crippen LogP contribution in [-0.4, -0.2) is 35.3 Å². The minimum absolute atomic E-state index is 0.0701. The van der Waals surface area contributed by atoms with Crippen LogP contribution in [0.25, 0.3) is 0 Å². The van der Waals surface area contributed by atoms with Crippen LogP contribution in [0.4, 0.5) is 4.79 Å². The normalized spacial score (nSPS) is 26.2. The van der Waals surface area contributed by atoms with Gasteiger partial charge in [0.1, 0.15) is 12.4 Å². The molecular formula is C13H13Cl2NO3. The molecule has 4 nitrogen and oxygen atoms in total. The average molecular weight is 302 g/mol. The van der Waals surface area contributed by atoms with Crippen molar-refractivity contribution in [3.63, 3.8) is 0 Å². The fourth-order valence-corrected chi connectivity index (χ4v) is 3.39. The number of carbonyl (C=O) groups is 1. The van der Waals surface area contributed by atoms with E-state index < -0.39 is 0 Å². The second-order valence-corrected chi connectivity index (χ2v) is 5.72. The van der Waals surface area contributed by atoms with Crippen LogP contribution in [0.3, 0.4) is 0 Å². The summed E-state index contributed by atoms with van der Waals surface area (Å²) in [5.74, 6) is 0.264. The summed E-state index contributed by atoms with van der Waals surface area (Å²) in [6, 6.07) is 3.22. The van der Waals surface area contributed by atoms with Crippen molar-refractivity contribution in [3.05, 3.63) is 27.7 Å². The molecule has 0 saturated carbocycles. The van der Waals surface area contributed by atoms with Crippen molar-refractivity contribution in [2.75, 3.05) is 13.2 Å². The number of fused-ring (bicyclic) bond motifs is 1. The zero-order chi connectivity index (χ0) is 13.6. The summed E-state index contributed by atoms with van der Waals surface area (Å²) < 4.78 is 5.03. The zero-order valence-corrected chi connectivity index (χ0v) is 11.6. The molecule has 2 aliphatic heterocycles. The molecule has 0 radical (unpaired) electrons.